The summed E-state index contributed by atoms with van der Waals surface area (Å²) in [5, 5.41) is 10.4. The van der Waals surface area contributed by atoms with Gasteiger partial charge in [0, 0.05) is 18.8 Å². The Kier molecular flexibility index (Phi) is 5.60. The second-order valence-electron chi connectivity index (χ2n) is 6.91. The van der Waals surface area contributed by atoms with Crippen LogP contribution in [-0.2, 0) is 4.79 Å². The number of rotatable bonds is 5. The van der Waals surface area contributed by atoms with Gasteiger partial charge in [0.05, 0.1) is 22.0 Å². The first-order valence-electron chi connectivity index (χ1n) is 9.51. The Labute approximate surface area is 183 Å². The van der Waals surface area contributed by atoms with Crippen molar-refractivity contribution in [3.8, 4) is 17.1 Å². The van der Waals surface area contributed by atoms with Crippen LogP contribution in [0.4, 0.5) is 11.4 Å². The molecule has 0 aliphatic carbocycles. The fourth-order valence-corrected chi connectivity index (χ4v) is 3.25. The molecule has 156 valence electrons. The van der Waals surface area contributed by atoms with Crippen molar-refractivity contribution in [2.24, 2.45) is 0 Å². The smallest absolute Gasteiger partial charge is 0.259 e. The monoisotopic (exact) mass is 434 g/mol. The Balaban J connectivity index is 1.72. The summed E-state index contributed by atoms with van der Waals surface area (Å²) in [6.07, 6.45) is 1.64. The highest BCUT2D eigenvalue weighted by Gasteiger charge is 2.22. The molecule has 0 saturated carbocycles. The Morgan fingerprint density at radius 1 is 1.03 bits per heavy atom. The summed E-state index contributed by atoms with van der Waals surface area (Å²) in [5.74, 6) is 0.560. The van der Waals surface area contributed by atoms with Gasteiger partial charge in [0.15, 0.2) is 5.76 Å². The zero-order valence-corrected chi connectivity index (χ0v) is 17.6. The number of halogens is 1. The summed E-state index contributed by atoms with van der Waals surface area (Å²) in [4.78, 5) is 24.5. The van der Waals surface area contributed by atoms with Gasteiger partial charge in [0.25, 0.3) is 5.91 Å². The molecule has 2 amide bonds. The molecular formula is C23H19ClN4O3. The number of carbonyl (C=O) groups is 2. The van der Waals surface area contributed by atoms with Crippen LogP contribution in [0.3, 0.4) is 0 Å². The number of carbonyl (C=O) groups excluding carboxylic acids is 2. The average Bonchev–Trinajstić information content (AvgIpc) is 3.37. The van der Waals surface area contributed by atoms with E-state index in [-0.39, 0.29) is 5.91 Å². The molecule has 0 atom stereocenters. The van der Waals surface area contributed by atoms with Crippen LogP contribution in [0.15, 0.2) is 71.3 Å². The van der Waals surface area contributed by atoms with Crippen LogP contribution in [0.25, 0.3) is 17.1 Å². The summed E-state index contributed by atoms with van der Waals surface area (Å²) in [5.41, 5.74) is 2.42. The molecule has 2 aromatic carbocycles. The number of para-hydroxylation sites is 1. The third-order valence-corrected chi connectivity index (χ3v) is 4.82. The van der Waals surface area contributed by atoms with Crippen molar-refractivity contribution < 1.29 is 14.0 Å². The number of aryl methyl sites for hydroxylation is 1. The van der Waals surface area contributed by atoms with Crippen molar-refractivity contribution in [3.05, 3.63) is 83.2 Å². The summed E-state index contributed by atoms with van der Waals surface area (Å²) in [6.45, 7) is 3.23. The van der Waals surface area contributed by atoms with Gasteiger partial charge in [0.1, 0.15) is 11.5 Å². The van der Waals surface area contributed by atoms with Crippen LogP contribution in [0.1, 0.15) is 23.0 Å². The van der Waals surface area contributed by atoms with E-state index in [2.05, 4.69) is 15.7 Å². The lowest BCUT2D eigenvalue weighted by Crippen LogP contribution is -2.13. The quantitative estimate of drug-likeness (QED) is 0.445. The molecule has 0 aliphatic heterocycles. The molecule has 4 aromatic rings. The minimum absolute atomic E-state index is 0.223. The molecular weight excluding hydrogens is 416 g/mol. The van der Waals surface area contributed by atoms with E-state index in [9.17, 15) is 9.59 Å². The molecule has 4 rings (SSSR count). The largest absolute Gasteiger partial charge is 0.460 e. The van der Waals surface area contributed by atoms with E-state index in [0.29, 0.717) is 39.2 Å². The van der Waals surface area contributed by atoms with Gasteiger partial charge in [-0.2, -0.15) is 5.10 Å². The first-order valence-corrected chi connectivity index (χ1v) is 9.89. The summed E-state index contributed by atoms with van der Waals surface area (Å²) in [7, 11) is 0. The number of hydrogen-bond donors (Lipinski definition) is 2. The second kappa shape index (κ2) is 8.49. The highest BCUT2D eigenvalue weighted by Crippen LogP contribution is 2.29. The van der Waals surface area contributed by atoms with Crippen LogP contribution >= 0.6 is 11.6 Å². The summed E-state index contributed by atoms with van der Waals surface area (Å²) >= 11 is 6.26. The van der Waals surface area contributed by atoms with Gasteiger partial charge in [-0.1, -0.05) is 29.8 Å². The van der Waals surface area contributed by atoms with E-state index in [1.54, 1.807) is 35.1 Å². The molecule has 0 aliphatic rings. The molecule has 0 fully saturated rings. The third kappa shape index (κ3) is 4.51. The van der Waals surface area contributed by atoms with Gasteiger partial charge < -0.3 is 15.1 Å². The van der Waals surface area contributed by atoms with Crippen molar-refractivity contribution in [3.63, 3.8) is 0 Å². The van der Waals surface area contributed by atoms with Gasteiger partial charge in [0.2, 0.25) is 5.91 Å². The molecule has 0 radical (unpaired) electrons. The predicted molar refractivity (Wildman–Crippen MR) is 120 cm³/mol. The van der Waals surface area contributed by atoms with Crippen molar-refractivity contribution in [1.29, 1.82) is 0 Å². The standard InChI is InChI=1S/C23H19ClN4O3/c1-14-8-11-21(31-14)22-18(13-28(27-22)17-6-4-3-5-7-17)23(30)26-20-12-16(25-15(2)29)9-10-19(20)24/h3-13H,1-2H3,(H,25,29)(H,26,30). The zero-order chi connectivity index (χ0) is 22.0. The number of nitrogens with one attached hydrogen (secondary N) is 2. The van der Waals surface area contributed by atoms with E-state index in [1.165, 1.54) is 6.92 Å². The van der Waals surface area contributed by atoms with Crippen molar-refractivity contribution in [2.75, 3.05) is 10.6 Å². The van der Waals surface area contributed by atoms with Crippen LogP contribution in [0.2, 0.25) is 5.02 Å². The SMILES string of the molecule is CC(=O)Nc1ccc(Cl)c(NC(=O)c2cn(-c3ccccc3)nc2-c2ccc(C)o2)c1. The molecule has 31 heavy (non-hydrogen) atoms. The number of anilines is 2. The van der Waals surface area contributed by atoms with Crippen LogP contribution in [0.5, 0.6) is 0 Å². The Hall–Kier alpha value is -3.84. The molecule has 2 N–H and O–H groups in total. The van der Waals surface area contributed by atoms with Crippen molar-refractivity contribution in [1.82, 2.24) is 9.78 Å². The number of nitrogens with zero attached hydrogens (tertiary/aromatic N) is 2. The van der Waals surface area contributed by atoms with Gasteiger partial charge in [-0.05, 0) is 49.4 Å². The molecule has 2 heterocycles. The summed E-state index contributed by atoms with van der Waals surface area (Å²) in [6, 6.07) is 17.9. The lowest BCUT2D eigenvalue weighted by Gasteiger charge is -2.09. The second-order valence-corrected chi connectivity index (χ2v) is 7.32. The van der Waals surface area contributed by atoms with Crippen LogP contribution in [-0.4, -0.2) is 21.6 Å². The molecule has 0 saturated heterocycles. The van der Waals surface area contributed by atoms with Gasteiger partial charge in [-0.25, -0.2) is 4.68 Å². The van der Waals surface area contributed by atoms with Crippen molar-refractivity contribution >= 4 is 34.8 Å². The van der Waals surface area contributed by atoms with E-state index < -0.39 is 5.91 Å². The molecule has 0 spiro atoms. The number of hydrogen-bond acceptors (Lipinski definition) is 4. The normalized spacial score (nSPS) is 10.7. The number of aromatic nitrogens is 2. The number of amides is 2. The zero-order valence-electron chi connectivity index (χ0n) is 16.8. The van der Waals surface area contributed by atoms with Gasteiger partial charge in [-0.15, -0.1) is 0 Å². The molecule has 7 nitrogen and oxygen atoms in total. The van der Waals surface area contributed by atoms with E-state index >= 15 is 0 Å². The van der Waals surface area contributed by atoms with E-state index in [1.807, 2.05) is 43.3 Å². The molecule has 0 bridgehead atoms. The van der Waals surface area contributed by atoms with Gasteiger partial charge >= 0.3 is 0 Å². The Bertz CT molecular complexity index is 1260. The maximum Gasteiger partial charge on any atom is 0.259 e. The summed E-state index contributed by atoms with van der Waals surface area (Å²) < 4.78 is 7.34. The highest BCUT2D eigenvalue weighted by atomic mass is 35.5. The van der Waals surface area contributed by atoms with E-state index in [0.717, 1.165) is 5.69 Å². The van der Waals surface area contributed by atoms with Gasteiger partial charge in [-0.3, -0.25) is 9.59 Å². The first kappa shape index (κ1) is 20.4. The Morgan fingerprint density at radius 2 is 1.81 bits per heavy atom. The topological polar surface area (TPSA) is 89.2 Å². The lowest BCUT2D eigenvalue weighted by molar-refractivity contribution is -0.114. The van der Waals surface area contributed by atoms with E-state index in [4.69, 9.17) is 16.0 Å². The minimum atomic E-state index is -0.409. The molecule has 0 unspecified atom stereocenters. The molecule has 2 aromatic heterocycles. The van der Waals surface area contributed by atoms with Crippen LogP contribution < -0.4 is 10.6 Å². The molecule has 8 heteroatoms. The van der Waals surface area contributed by atoms with Crippen LogP contribution in [0, 0.1) is 6.92 Å². The first-order chi connectivity index (χ1) is 14.9. The maximum atomic E-state index is 13.2. The number of furan rings is 1. The predicted octanol–water partition coefficient (Wildman–Crippen LogP) is 5.30. The van der Waals surface area contributed by atoms with Crippen molar-refractivity contribution in [2.45, 2.75) is 13.8 Å². The fraction of sp³-hybridized carbons (Fsp3) is 0.0870. The average molecular weight is 435 g/mol. The highest BCUT2D eigenvalue weighted by molar-refractivity contribution is 6.34. The fourth-order valence-electron chi connectivity index (χ4n) is 3.09. The Morgan fingerprint density at radius 3 is 2.48 bits per heavy atom. The maximum absolute atomic E-state index is 13.2. The minimum Gasteiger partial charge on any atom is -0.460 e. The lowest BCUT2D eigenvalue weighted by atomic mass is 10.2. The number of benzene rings is 2. The third-order valence-electron chi connectivity index (χ3n) is 4.49.